The number of allylic oxidation sites excluding steroid dienone is 3. The van der Waals surface area contributed by atoms with Crippen molar-refractivity contribution in [3.05, 3.63) is 23.3 Å². The van der Waals surface area contributed by atoms with Gasteiger partial charge in [-0.15, -0.1) is 0 Å². The van der Waals surface area contributed by atoms with Crippen LogP contribution < -0.4 is 0 Å². The van der Waals surface area contributed by atoms with Gasteiger partial charge < -0.3 is 5.11 Å². The number of carboxylic acid groups (broad SMARTS) is 1. The largest absolute Gasteiger partial charge is 0.481 e. The van der Waals surface area contributed by atoms with Gasteiger partial charge in [-0.25, -0.2) is 0 Å². The molecule has 1 saturated carbocycles. The molecular weight excluding hydrogens is 224 g/mol. The molecule has 0 bridgehead atoms. The smallest absolute Gasteiger partial charge is 0.303 e. The van der Waals surface area contributed by atoms with Crippen LogP contribution in [0.25, 0.3) is 0 Å². The average Bonchev–Trinajstić information content (AvgIpc) is 2.57. The predicted octanol–water partition coefficient (Wildman–Crippen LogP) is 4.18. The quantitative estimate of drug-likeness (QED) is 0.761. The van der Waals surface area contributed by atoms with Crippen LogP contribution >= 0.6 is 0 Å². The van der Waals surface area contributed by atoms with Gasteiger partial charge in [-0.3, -0.25) is 4.79 Å². The van der Waals surface area contributed by atoms with E-state index in [2.05, 4.69) is 20.4 Å². The summed E-state index contributed by atoms with van der Waals surface area (Å²) in [6.45, 7) is 8.47. The third-order valence-electron chi connectivity index (χ3n) is 4.89. The van der Waals surface area contributed by atoms with Gasteiger partial charge in [-0.1, -0.05) is 23.3 Å². The Balaban J connectivity index is 2.19. The lowest BCUT2D eigenvalue weighted by Crippen LogP contribution is -2.17. The molecule has 0 aliphatic heterocycles. The number of carbonyl (C=O) groups is 1. The number of hydrogen-bond acceptors (Lipinski definition) is 1. The monoisotopic (exact) mass is 248 g/mol. The molecule has 0 aromatic heterocycles. The van der Waals surface area contributed by atoms with Crippen LogP contribution in [0, 0.1) is 17.8 Å². The SMILES string of the molecule is C=C(C)[C@@H]1CCC(C)=C2CC[C@H](CC(=O)O)[C@@H]2C1. The van der Waals surface area contributed by atoms with E-state index in [1.54, 1.807) is 5.57 Å². The van der Waals surface area contributed by atoms with Gasteiger partial charge in [0.25, 0.3) is 0 Å². The molecule has 0 unspecified atom stereocenters. The van der Waals surface area contributed by atoms with E-state index >= 15 is 0 Å². The first-order valence-electron chi connectivity index (χ1n) is 7.04. The normalized spacial score (nSPS) is 32.0. The molecule has 0 saturated heterocycles. The second-order valence-electron chi connectivity index (χ2n) is 6.13. The van der Waals surface area contributed by atoms with Crippen molar-refractivity contribution in [3.8, 4) is 0 Å². The fraction of sp³-hybridized carbons (Fsp3) is 0.688. The molecule has 100 valence electrons. The lowest BCUT2D eigenvalue weighted by atomic mass is 9.81. The van der Waals surface area contributed by atoms with Gasteiger partial charge in [0.15, 0.2) is 0 Å². The summed E-state index contributed by atoms with van der Waals surface area (Å²) in [6.07, 6.45) is 6.01. The van der Waals surface area contributed by atoms with E-state index in [0.29, 0.717) is 24.2 Å². The molecule has 0 radical (unpaired) electrons. The molecule has 1 fully saturated rings. The fourth-order valence-electron chi connectivity index (χ4n) is 3.77. The van der Waals surface area contributed by atoms with Crippen LogP contribution in [0.1, 0.15) is 52.4 Å². The van der Waals surface area contributed by atoms with Crippen molar-refractivity contribution < 1.29 is 9.90 Å². The molecule has 0 amide bonds. The first kappa shape index (κ1) is 13.4. The van der Waals surface area contributed by atoms with Gasteiger partial charge in [-0.2, -0.15) is 0 Å². The molecule has 2 aliphatic rings. The van der Waals surface area contributed by atoms with Crippen molar-refractivity contribution >= 4 is 5.97 Å². The van der Waals surface area contributed by atoms with Crippen LogP contribution in [-0.2, 0) is 4.79 Å². The Kier molecular flexibility index (Phi) is 3.94. The minimum Gasteiger partial charge on any atom is -0.481 e. The second kappa shape index (κ2) is 5.29. The maximum Gasteiger partial charge on any atom is 0.303 e. The molecule has 2 aliphatic carbocycles. The van der Waals surface area contributed by atoms with Gasteiger partial charge in [0.1, 0.15) is 0 Å². The number of hydrogen-bond donors (Lipinski definition) is 1. The molecule has 0 spiro atoms. The zero-order chi connectivity index (χ0) is 13.3. The number of rotatable bonds is 3. The third-order valence-corrected chi connectivity index (χ3v) is 4.89. The van der Waals surface area contributed by atoms with Gasteiger partial charge in [-0.05, 0) is 63.7 Å². The van der Waals surface area contributed by atoms with E-state index in [0.717, 1.165) is 19.3 Å². The Bertz CT molecular complexity index is 392. The van der Waals surface area contributed by atoms with Crippen molar-refractivity contribution in [2.45, 2.75) is 52.4 Å². The Hall–Kier alpha value is -1.05. The maximum atomic E-state index is 11.0. The summed E-state index contributed by atoms with van der Waals surface area (Å²) in [6, 6.07) is 0. The molecule has 0 aromatic rings. The lowest BCUT2D eigenvalue weighted by molar-refractivity contribution is -0.138. The summed E-state index contributed by atoms with van der Waals surface area (Å²) >= 11 is 0. The zero-order valence-corrected chi connectivity index (χ0v) is 11.5. The van der Waals surface area contributed by atoms with E-state index in [9.17, 15) is 4.79 Å². The molecule has 2 nitrogen and oxygen atoms in total. The summed E-state index contributed by atoms with van der Waals surface area (Å²) < 4.78 is 0. The van der Waals surface area contributed by atoms with Crippen LogP contribution in [-0.4, -0.2) is 11.1 Å². The summed E-state index contributed by atoms with van der Waals surface area (Å²) in [5, 5.41) is 9.04. The van der Waals surface area contributed by atoms with Crippen LogP contribution in [0.3, 0.4) is 0 Å². The van der Waals surface area contributed by atoms with E-state index in [-0.39, 0.29) is 0 Å². The minimum absolute atomic E-state index is 0.338. The maximum absolute atomic E-state index is 11.0. The third kappa shape index (κ3) is 2.68. The Labute approximate surface area is 110 Å². The fourth-order valence-corrected chi connectivity index (χ4v) is 3.77. The van der Waals surface area contributed by atoms with Crippen molar-refractivity contribution in [2.75, 3.05) is 0 Å². The van der Waals surface area contributed by atoms with E-state index < -0.39 is 5.97 Å². The molecule has 0 heterocycles. The summed E-state index contributed by atoms with van der Waals surface area (Å²) in [7, 11) is 0. The lowest BCUT2D eigenvalue weighted by Gasteiger charge is -2.23. The van der Waals surface area contributed by atoms with E-state index in [1.165, 1.54) is 24.0 Å². The highest BCUT2D eigenvalue weighted by molar-refractivity contribution is 5.67. The highest BCUT2D eigenvalue weighted by atomic mass is 16.4. The number of carboxylic acids is 1. The second-order valence-corrected chi connectivity index (χ2v) is 6.13. The average molecular weight is 248 g/mol. The molecular formula is C16H24O2. The molecule has 0 aromatic carbocycles. The first-order valence-corrected chi connectivity index (χ1v) is 7.04. The number of aliphatic carboxylic acids is 1. The summed E-state index contributed by atoms with van der Waals surface area (Å²) in [5.74, 6) is 0.796. The highest BCUT2D eigenvalue weighted by Crippen LogP contribution is 2.47. The van der Waals surface area contributed by atoms with Crippen molar-refractivity contribution in [2.24, 2.45) is 17.8 Å². The molecule has 2 rings (SSSR count). The van der Waals surface area contributed by atoms with Gasteiger partial charge >= 0.3 is 5.97 Å². The summed E-state index contributed by atoms with van der Waals surface area (Å²) in [4.78, 5) is 11.0. The highest BCUT2D eigenvalue weighted by Gasteiger charge is 2.36. The topological polar surface area (TPSA) is 37.3 Å². The molecule has 18 heavy (non-hydrogen) atoms. The van der Waals surface area contributed by atoms with E-state index in [4.69, 9.17) is 5.11 Å². The van der Waals surface area contributed by atoms with Gasteiger partial charge in [0, 0.05) is 6.42 Å². The number of fused-ring (bicyclic) bond motifs is 1. The van der Waals surface area contributed by atoms with Crippen LogP contribution in [0.5, 0.6) is 0 Å². The molecule has 2 heteroatoms. The van der Waals surface area contributed by atoms with Gasteiger partial charge in [0.2, 0.25) is 0 Å². The van der Waals surface area contributed by atoms with Gasteiger partial charge in [0.05, 0.1) is 0 Å². The Morgan fingerprint density at radius 1 is 1.39 bits per heavy atom. The molecule has 3 atom stereocenters. The standard InChI is InChI=1S/C16H24O2/c1-10(2)12-5-4-11(3)14-7-6-13(9-16(17)18)15(14)8-12/h12-13,15H,1,4-9H2,2-3H3,(H,17,18)/t12-,13-,15+/m1/s1. The van der Waals surface area contributed by atoms with Crippen molar-refractivity contribution in [1.82, 2.24) is 0 Å². The Morgan fingerprint density at radius 2 is 2.11 bits per heavy atom. The Morgan fingerprint density at radius 3 is 2.72 bits per heavy atom. The van der Waals surface area contributed by atoms with Crippen molar-refractivity contribution in [1.29, 1.82) is 0 Å². The first-order chi connectivity index (χ1) is 8.49. The van der Waals surface area contributed by atoms with E-state index in [1.807, 2.05) is 0 Å². The summed E-state index contributed by atoms with van der Waals surface area (Å²) in [5.41, 5.74) is 4.37. The zero-order valence-electron chi connectivity index (χ0n) is 11.5. The minimum atomic E-state index is -0.643. The van der Waals surface area contributed by atoms with Crippen LogP contribution in [0.2, 0.25) is 0 Å². The van der Waals surface area contributed by atoms with Crippen molar-refractivity contribution in [3.63, 3.8) is 0 Å². The molecule has 1 N–H and O–H groups in total. The predicted molar refractivity (Wildman–Crippen MR) is 73.3 cm³/mol. The van der Waals surface area contributed by atoms with Crippen LogP contribution in [0.15, 0.2) is 23.3 Å². The van der Waals surface area contributed by atoms with Crippen LogP contribution in [0.4, 0.5) is 0 Å².